The van der Waals surface area contributed by atoms with Crippen LogP contribution < -0.4 is 10.2 Å². The second-order valence-corrected chi connectivity index (χ2v) is 6.27. The summed E-state index contributed by atoms with van der Waals surface area (Å²) < 4.78 is 0. The summed E-state index contributed by atoms with van der Waals surface area (Å²) in [6, 6.07) is 13.2. The number of anilines is 2. The molecule has 0 radical (unpaired) electrons. The number of piperidine rings is 1. The van der Waals surface area contributed by atoms with Crippen LogP contribution in [-0.4, -0.2) is 18.4 Å². The van der Waals surface area contributed by atoms with Gasteiger partial charge in [0.05, 0.1) is 0 Å². The van der Waals surface area contributed by atoms with Crippen LogP contribution in [0.1, 0.15) is 40.7 Å². The SMILES string of the molecule is Cc1ccccc1C(=O)Nc1ccc(N2CCCCC2=O)c(C)c1. The molecular formula is C20H22N2O2. The number of nitrogens with zero attached hydrogens (tertiary/aromatic N) is 1. The van der Waals surface area contributed by atoms with E-state index in [0.717, 1.165) is 41.9 Å². The average Bonchev–Trinajstić information content (AvgIpc) is 2.56. The van der Waals surface area contributed by atoms with Gasteiger partial charge in [-0.3, -0.25) is 9.59 Å². The standard InChI is InChI=1S/C20H22N2O2/c1-14-7-3-4-8-17(14)20(24)21-16-10-11-18(15(2)13-16)22-12-6-5-9-19(22)23/h3-4,7-8,10-11,13H,5-6,9,12H2,1-2H3,(H,21,24). The Morgan fingerprint density at radius 1 is 1.04 bits per heavy atom. The number of hydrogen-bond donors (Lipinski definition) is 1. The van der Waals surface area contributed by atoms with E-state index in [0.29, 0.717) is 12.0 Å². The molecule has 2 amide bonds. The zero-order valence-corrected chi connectivity index (χ0v) is 14.1. The van der Waals surface area contributed by atoms with Crippen molar-refractivity contribution in [1.29, 1.82) is 0 Å². The molecule has 4 nitrogen and oxygen atoms in total. The number of amides is 2. The molecule has 0 unspecified atom stereocenters. The fourth-order valence-corrected chi connectivity index (χ4v) is 3.12. The summed E-state index contributed by atoms with van der Waals surface area (Å²) in [7, 11) is 0. The van der Waals surface area contributed by atoms with Gasteiger partial charge in [-0.1, -0.05) is 18.2 Å². The number of carbonyl (C=O) groups excluding carboxylic acids is 2. The van der Waals surface area contributed by atoms with Crippen LogP contribution in [-0.2, 0) is 4.79 Å². The Kier molecular flexibility index (Phi) is 4.65. The first-order chi connectivity index (χ1) is 11.6. The van der Waals surface area contributed by atoms with Crippen molar-refractivity contribution in [2.75, 3.05) is 16.8 Å². The van der Waals surface area contributed by atoms with Gasteiger partial charge in [-0.15, -0.1) is 0 Å². The summed E-state index contributed by atoms with van der Waals surface area (Å²) in [6.07, 6.45) is 2.63. The normalized spacial score (nSPS) is 14.6. The first kappa shape index (κ1) is 16.2. The van der Waals surface area contributed by atoms with Crippen molar-refractivity contribution < 1.29 is 9.59 Å². The van der Waals surface area contributed by atoms with Crippen LogP contribution in [0.5, 0.6) is 0 Å². The first-order valence-electron chi connectivity index (χ1n) is 8.34. The van der Waals surface area contributed by atoms with Crippen LogP contribution in [0.3, 0.4) is 0 Å². The van der Waals surface area contributed by atoms with Crippen LogP contribution in [0.15, 0.2) is 42.5 Å². The predicted molar refractivity (Wildman–Crippen MR) is 96.5 cm³/mol. The summed E-state index contributed by atoms with van der Waals surface area (Å²) in [4.78, 5) is 26.4. The molecule has 3 rings (SSSR count). The highest BCUT2D eigenvalue weighted by Crippen LogP contribution is 2.27. The van der Waals surface area contributed by atoms with Crippen molar-refractivity contribution in [3.8, 4) is 0 Å². The molecule has 0 atom stereocenters. The molecule has 1 heterocycles. The van der Waals surface area contributed by atoms with Crippen LogP contribution in [0.2, 0.25) is 0 Å². The van der Waals surface area contributed by atoms with E-state index in [1.165, 1.54) is 0 Å². The maximum atomic E-state index is 12.4. The highest BCUT2D eigenvalue weighted by atomic mass is 16.2. The lowest BCUT2D eigenvalue weighted by Gasteiger charge is -2.28. The van der Waals surface area contributed by atoms with E-state index in [1.54, 1.807) is 0 Å². The Morgan fingerprint density at radius 3 is 2.54 bits per heavy atom. The Hall–Kier alpha value is -2.62. The number of carbonyl (C=O) groups is 2. The molecule has 1 N–H and O–H groups in total. The molecule has 1 aliphatic rings. The van der Waals surface area contributed by atoms with E-state index in [1.807, 2.05) is 61.2 Å². The molecule has 0 saturated carbocycles. The zero-order chi connectivity index (χ0) is 17.1. The second-order valence-electron chi connectivity index (χ2n) is 6.27. The molecular weight excluding hydrogens is 300 g/mol. The fraction of sp³-hybridized carbons (Fsp3) is 0.300. The summed E-state index contributed by atoms with van der Waals surface area (Å²) in [6.45, 7) is 4.67. The topological polar surface area (TPSA) is 49.4 Å². The molecule has 1 saturated heterocycles. The van der Waals surface area contributed by atoms with Gasteiger partial charge in [-0.05, 0) is 62.1 Å². The third-order valence-electron chi connectivity index (χ3n) is 4.46. The molecule has 2 aromatic carbocycles. The lowest BCUT2D eigenvalue weighted by Crippen LogP contribution is -2.35. The maximum absolute atomic E-state index is 12.4. The first-order valence-corrected chi connectivity index (χ1v) is 8.34. The van der Waals surface area contributed by atoms with Gasteiger partial charge in [0.25, 0.3) is 5.91 Å². The highest BCUT2D eigenvalue weighted by Gasteiger charge is 2.21. The quantitative estimate of drug-likeness (QED) is 0.926. The Bertz CT molecular complexity index is 783. The van der Waals surface area contributed by atoms with Crippen molar-refractivity contribution in [1.82, 2.24) is 0 Å². The van der Waals surface area contributed by atoms with E-state index < -0.39 is 0 Å². The molecule has 2 aromatic rings. The molecule has 124 valence electrons. The number of aryl methyl sites for hydroxylation is 2. The van der Waals surface area contributed by atoms with Crippen LogP contribution in [0, 0.1) is 13.8 Å². The van der Waals surface area contributed by atoms with Crippen molar-refractivity contribution in [3.05, 3.63) is 59.2 Å². The highest BCUT2D eigenvalue weighted by molar-refractivity contribution is 6.05. The summed E-state index contributed by atoms with van der Waals surface area (Å²) in [5.74, 6) is 0.0651. The van der Waals surface area contributed by atoms with Gasteiger partial charge in [0.1, 0.15) is 0 Å². The van der Waals surface area contributed by atoms with Crippen molar-refractivity contribution in [2.45, 2.75) is 33.1 Å². The molecule has 1 aliphatic heterocycles. The Labute approximate surface area is 142 Å². The van der Waals surface area contributed by atoms with Gasteiger partial charge >= 0.3 is 0 Å². The van der Waals surface area contributed by atoms with E-state index in [-0.39, 0.29) is 11.8 Å². The second kappa shape index (κ2) is 6.87. The number of nitrogens with one attached hydrogen (secondary N) is 1. The molecule has 4 heteroatoms. The Balaban J connectivity index is 1.79. The maximum Gasteiger partial charge on any atom is 0.255 e. The summed E-state index contributed by atoms with van der Waals surface area (Å²) in [5, 5.41) is 2.94. The minimum atomic E-state index is -0.116. The molecule has 24 heavy (non-hydrogen) atoms. The summed E-state index contributed by atoms with van der Waals surface area (Å²) >= 11 is 0. The molecule has 0 bridgehead atoms. The van der Waals surface area contributed by atoms with E-state index in [4.69, 9.17) is 0 Å². The van der Waals surface area contributed by atoms with Crippen molar-refractivity contribution >= 4 is 23.2 Å². The smallest absolute Gasteiger partial charge is 0.255 e. The molecule has 0 aliphatic carbocycles. The molecule has 0 aromatic heterocycles. The van der Waals surface area contributed by atoms with E-state index in [2.05, 4.69) is 5.32 Å². The third-order valence-corrected chi connectivity index (χ3v) is 4.46. The average molecular weight is 322 g/mol. The van der Waals surface area contributed by atoms with Gasteiger partial charge in [-0.2, -0.15) is 0 Å². The third kappa shape index (κ3) is 3.32. The van der Waals surface area contributed by atoms with Crippen LogP contribution in [0.4, 0.5) is 11.4 Å². The minimum Gasteiger partial charge on any atom is -0.322 e. The van der Waals surface area contributed by atoms with Gasteiger partial charge in [0.15, 0.2) is 0 Å². The summed E-state index contributed by atoms with van der Waals surface area (Å²) in [5.41, 5.74) is 4.29. The van der Waals surface area contributed by atoms with Crippen LogP contribution in [0.25, 0.3) is 0 Å². The predicted octanol–water partition coefficient (Wildman–Crippen LogP) is 4.07. The van der Waals surface area contributed by atoms with Gasteiger partial charge in [-0.25, -0.2) is 0 Å². The fourth-order valence-electron chi connectivity index (χ4n) is 3.12. The van der Waals surface area contributed by atoms with Crippen LogP contribution >= 0.6 is 0 Å². The largest absolute Gasteiger partial charge is 0.322 e. The zero-order valence-electron chi connectivity index (χ0n) is 14.1. The van der Waals surface area contributed by atoms with Crippen molar-refractivity contribution in [3.63, 3.8) is 0 Å². The molecule has 0 spiro atoms. The van der Waals surface area contributed by atoms with E-state index in [9.17, 15) is 9.59 Å². The minimum absolute atomic E-state index is 0.116. The van der Waals surface area contributed by atoms with Crippen molar-refractivity contribution in [2.24, 2.45) is 0 Å². The Morgan fingerprint density at radius 2 is 1.83 bits per heavy atom. The van der Waals surface area contributed by atoms with Gasteiger partial charge < -0.3 is 10.2 Å². The molecule has 1 fully saturated rings. The number of hydrogen-bond acceptors (Lipinski definition) is 2. The lowest BCUT2D eigenvalue weighted by molar-refractivity contribution is -0.119. The lowest BCUT2D eigenvalue weighted by atomic mass is 10.1. The number of benzene rings is 2. The van der Waals surface area contributed by atoms with Gasteiger partial charge in [0.2, 0.25) is 5.91 Å². The monoisotopic (exact) mass is 322 g/mol. The van der Waals surface area contributed by atoms with Gasteiger partial charge in [0, 0.05) is 29.9 Å². The number of rotatable bonds is 3. The van der Waals surface area contributed by atoms with E-state index >= 15 is 0 Å².